The second-order valence-corrected chi connectivity index (χ2v) is 4.76. The van der Waals surface area contributed by atoms with Crippen molar-refractivity contribution < 1.29 is 14.7 Å². The molecule has 3 N–H and O–H groups in total. The highest BCUT2D eigenvalue weighted by Crippen LogP contribution is 2.07. The molecule has 112 valence electrons. The number of carbonyl (C=O) groups excluding carboxylic acids is 1. The molecule has 0 aliphatic carbocycles. The van der Waals surface area contributed by atoms with Gasteiger partial charge in [0.15, 0.2) is 5.69 Å². The smallest absolute Gasteiger partial charge is 0.356 e. The van der Waals surface area contributed by atoms with Gasteiger partial charge < -0.3 is 15.0 Å². The van der Waals surface area contributed by atoms with Crippen LogP contribution in [0.25, 0.3) is 0 Å². The molecule has 2 heterocycles. The van der Waals surface area contributed by atoms with E-state index in [4.69, 9.17) is 5.11 Å². The average Bonchev–Trinajstić information content (AvgIpc) is 3.07. The number of nitrogens with zero attached hydrogens (tertiary/aromatic N) is 4. The van der Waals surface area contributed by atoms with Gasteiger partial charge in [-0.05, 0) is 0 Å². The van der Waals surface area contributed by atoms with Gasteiger partial charge in [-0.2, -0.15) is 0 Å². The Morgan fingerprint density at radius 2 is 2.24 bits per heavy atom. The second kappa shape index (κ2) is 6.16. The summed E-state index contributed by atoms with van der Waals surface area (Å²) in [7, 11) is 0. The van der Waals surface area contributed by atoms with E-state index < -0.39 is 5.97 Å². The Labute approximate surface area is 120 Å². The molecule has 0 aromatic carbocycles. The van der Waals surface area contributed by atoms with Gasteiger partial charge in [0.05, 0.1) is 6.33 Å². The monoisotopic (exact) mass is 292 g/mol. The van der Waals surface area contributed by atoms with Crippen LogP contribution < -0.4 is 5.32 Å². The maximum atomic E-state index is 11.8. The zero-order chi connectivity index (χ0) is 15.4. The zero-order valence-electron chi connectivity index (χ0n) is 11.7. The lowest BCUT2D eigenvalue weighted by atomic mass is 10.2. The normalized spacial score (nSPS) is 10.8. The number of carbonyl (C=O) groups is 2. The highest BCUT2D eigenvalue weighted by atomic mass is 16.4. The molecule has 9 heteroatoms. The predicted octanol–water partition coefficient (Wildman–Crippen LogP) is 0.253. The molecule has 2 aromatic rings. The van der Waals surface area contributed by atoms with Crippen LogP contribution in [0.15, 0.2) is 12.5 Å². The van der Waals surface area contributed by atoms with Crippen molar-refractivity contribution in [2.24, 2.45) is 0 Å². The lowest BCUT2D eigenvalue weighted by molar-refractivity contribution is 0.0690. The van der Waals surface area contributed by atoms with Crippen LogP contribution in [0.3, 0.4) is 0 Å². The van der Waals surface area contributed by atoms with Crippen LogP contribution in [-0.4, -0.2) is 48.3 Å². The number of rotatable bonds is 6. The van der Waals surface area contributed by atoms with Crippen LogP contribution in [0.2, 0.25) is 0 Å². The van der Waals surface area contributed by atoms with E-state index in [0.717, 1.165) is 0 Å². The Bertz CT molecular complexity index is 645. The van der Waals surface area contributed by atoms with E-state index in [9.17, 15) is 9.59 Å². The number of hydrogen-bond donors (Lipinski definition) is 3. The first kappa shape index (κ1) is 14.7. The van der Waals surface area contributed by atoms with E-state index >= 15 is 0 Å². The summed E-state index contributed by atoms with van der Waals surface area (Å²) in [6.45, 7) is 4.62. The first-order valence-electron chi connectivity index (χ1n) is 6.43. The van der Waals surface area contributed by atoms with Crippen LogP contribution in [-0.2, 0) is 6.54 Å². The summed E-state index contributed by atoms with van der Waals surface area (Å²) in [5, 5.41) is 18.0. The van der Waals surface area contributed by atoms with Crippen molar-refractivity contribution in [3.05, 3.63) is 29.9 Å². The van der Waals surface area contributed by atoms with E-state index in [2.05, 4.69) is 25.5 Å². The van der Waals surface area contributed by atoms with Gasteiger partial charge in [0.25, 0.3) is 5.91 Å². The lowest BCUT2D eigenvalue weighted by Gasteiger charge is -2.03. The summed E-state index contributed by atoms with van der Waals surface area (Å²) in [4.78, 5) is 30.3. The number of aromatic carboxylic acids is 1. The molecule has 0 saturated carbocycles. The van der Waals surface area contributed by atoms with Gasteiger partial charge in [-0.1, -0.05) is 13.8 Å². The Morgan fingerprint density at radius 3 is 2.81 bits per heavy atom. The van der Waals surface area contributed by atoms with Crippen molar-refractivity contribution in [3.63, 3.8) is 0 Å². The van der Waals surface area contributed by atoms with Gasteiger partial charge in [0, 0.05) is 25.2 Å². The Morgan fingerprint density at radius 1 is 1.48 bits per heavy atom. The Kier molecular flexibility index (Phi) is 4.31. The van der Waals surface area contributed by atoms with Crippen LogP contribution in [0.1, 0.15) is 46.7 Å². The van der Waals surface area contributed by atoms with E-state index in [1.165, 1.54) is 12.5 Å². The maximum Gasteiger partial charge on any atom is 0.356 e. The fourth-order valence-electron chi connectivity index (χ4n) is 1.60. The van der Waals surface area contributed by atoms with Gasteiger partial charge in [-0.3, -0.25) is 9.89 Å². The molecule has 0 fully saturated rings. The standard InChI is InChI=1S/C12H16N6O3/c1-7(2)9-15-10(17-16-9)11(19)13-3-4-18-5-8(12(20)21)14-6-18/h5-7H,3-4H2,1-2H3,(H,13,19)(H,20,21)(H,15,16,17). The molecule has 0 unspecified atom stereocenters. The van der Waals surface area contributed by atoms with Crippen molar-refractivity contribution in [2.45, 2.75) is 26.3 Å². The maximum absolute atomic E-state index is 11.8. The minimum atomic E-state index is -1.08. The van der Waals surface area contributed by atoms with Crippen LogP contribution in [0.4, 0.5) is 0 Å². The molecule has 21 heavy (non-hydrogen) atoms. The zero-order valence-corrected chi connectivity index (χ0v) is 11.7. The fourth-order valence-corrected chi connectivity index (χ4v) is 1.60. The van der Waals surface area contributed by atoms with Crippen LogP contribution in [0.5, 0.6) is 0 Å². The molecule has 0 radical (unpaired) electrons. The minimum Gasteiger partial charge on any atom is -0.476 e. The lowest BCUT2D eigenvalue weighted by Crippen LogP contribution is -2.28. The van der Waals surface area contributed by atoms with Crippen LogP contribution >= 0.6 is 0 Å². The second-order valence-electron chi connectivity index (χ2n) is 4.76. The minimum absolute atomic E-state index is 0.0307. The van der Waals surface area contributed by atoms with E-state index in [-0.39, 0.29) is 23.3 Å². The highest BCUT2D eigenvalue weighted by Gasteiger charge is 2.13. The third-order valence-electron chi connectivity index (χ3n) is 2.76. The molecule has 9 nitrogen and oxygen atoms in total. The Balaban J connectivity index is 1.84. The summed E-state index contributed by atoms with van der Waals surface area (Å²) in [5.41, 5.74) is -0.0307. The fraction of sp³-hybridized carbons (Fsp3) is 0.417. The molecule has 0 aliphatic rings. The third-order valence-corrected chi connectivity index (χ3v) is 2.76. The molecule has 0 bridgehead atoms. The van der Waals surface area contributed by atoms with Crippen molar-refractivity contribution in [1.29, 1.82) is 0 Å². The molecule has 2 rings (SSSR count). The van der Waals surface area contributed by atoms with Gasteiger partial charge in [0.2, 0.25) is 5.82 Å². The predicted molar refractivity (Wildman–Crippen MR) is 72.0 cm³/mol. The quantitative estimate of drug-likeness (QED) is 0.700. The topological polar surface area (TPSA) is 126 Å². The molecule has 0 spiro atoms. The van der Waals surface area contributed by atoms with E-state index in [1.54, 1.807) is 4.57 Å². The SMILES string of the molecule is CC(C)c1nc(C(=O)NCCn2cnc(C(=O)O)c2)n[nH]1. The molecule has 2 aromatic heterocycles. The van der Waals surface area contributed by atoms with Crippen molar-refractivity contribution in [2.75, 3.05) is 6.54 Å². The molecule has 0 aliphatic heterocycles. The number of carboxylic acid groups (broad SMARTS) is 1. The van der Waals surface area contributed by atoms with Crippen molar-refractivity contribution in [3.8, 4) is 0 Å². The summed E-state index contributed by atoms with van der Waals surface area (Å²) in [5.74, 6) is -0.549. The summed E-state index contributed by atoms with van der Waals surface area (Å²) < 4.78 is 1.58. The van der Waals surface area contributed by atoms with E-state index in [1.807, 2.05) is 13.8 Å². The molecule has 0 atom stereocenters. The van der Waals surface area contributed by atoms with Gasteiger partial charge in [-0.25, -0.2) is 14.8 Å². The average molecular weight is 292 g/mol. The highest BCUT2D eigenvalue weighted by molar-refractivity contribution is 5.90. The summed E-state index contributed by atoms with van der Waals surface area (Å²) in [6.07, 6.45) is 2.80. The first-order valence-corrected chi connectivity index (χ1v) is 6.43. The van der Waals surface area contributed by atoms with E-state index in [0.29, 0.717) is 18.9 Å². The third kappa shape index (κ3) is 3.65. The number of nitrogens with one attached hydrogen (secondary N) is 2. The van der Waals surface area contributed by atoms with Crippen LogP contribution in [0, 0.1) is 0 Å². The number of amides is 1. The Hall–Kier alpha value is -2.71. The summed E-state index contributed by atoms with van der Waals surface area (Å²) in [6, 6.07) is 0. The number of carboxylic acids is 1. The number of hydrogen-bond acceptors (Lipinski definition) is 5. The number of aromatic nitrogens is 5. The van der Waals surface area contributed by atoms with Crippen molar-refractivity contribution in [1.82, 2.24) is 30.0 Å². The molecule has 0 saturated heterocycles. The van der Waals surface area contributed by atoms with Gasteiger partial charge >= 0.3 is 5.97 Å². The molecular weight excluding hydrogens is 276 g/mol. The van der Waals surface area contributed by atoms with Crippen molar-refractivity contribution >= 4 is 11.9 Å². The van der Waals surface area contributed by atoms with Gasteiger partial charge in [-0.15, -0.1) is 5.10 Å². The molecular formula is C12H16N6O3. The van der Waals surface area contributed by atoms with Gasteiger partial charge in [0.1, 0.15) is 5.82 Å². The number of imidazole rings is 1. The number of H-pyrrole nitrogens is 1. The summed E-state index contributed by atoms with van der Waals surface area (Å²) >= 11 is 0. The largest absolute Gasteiger partial charge is 0.476 e. The first-order chi connectivity index (χ1) is 9.97. The number of aromatic amines is 1. The molecule has 1 amide bonds.